The van der Waals surface area contributed by atoms with Crippen molar-refractivity contribution in [2.24, 2.45) is 0 Å². The molecular formula is C16H28N2OS. The summed E-state index contributed by atoms with van der Waals surface area (Å²) in [7, 11) is 0. The zero-order valence-electron chi connectivity index (χ0n) is 13.2. The molecule has 1 saturated heterocycles. The van der Waals surface area contributed by atoms with Gasteiger partial charge in [0.25, 0.3) is 0 Å². The normalized spacial score (nSPS) is 24.4. The number of rotatable bonds is 6. The molecule has 2 unspecified atom stereocenters. The summed E-state index contributed by atoms with van der Waals surface area (Å²) < 4.78 is 5.77. The van der Waals surface area contributed by atoms with E-state index in [9.17, 15) is 0 Å². The van der Waals surface area contributed by atoms with E-state index in [0.29, 0.717) is 18.2 Å². The Bertz CT molecular complexity index is 405. The lowest BCUT2D eigenvalue weighted by Crippen LogP contribution is -2.47. The maximum atomic E-state index is 5.77. The number of nitrogens with zero attached hydrogens (tertiary/aromatic N) is 1. The van der Waals surface area contributed by atoms with Crippen LogP contribution in [0.15, 0.2) is 12.1 Å². The first kappa shape index (κ1) is 16.0. The zero-order chi connectivity index (χ0) is 14.5. The van der Waals surface area contributed by atoms with Crippen LogP contribution >= 0.6 is 11.3 Å². The van der Waals surface area contributed by atoms with Crippen molar-refractivity contribution in [1.82, 2.24) is 10.2 Å². The van der Waals surface area contributed by atoms with Crippen molar-refractivity contribution in [3.05, 3.63) is 21.9 Å². The predicted octanol–water partition coefficient (Wildman–Crippen LogP) is 3.25. The Morgan fingerprint density at radius 3 is 2.85 bits per heavy atom. The molecule has 1 aromatic heterocycles. The number of thiophene rings is 1. The van der Waals surface area contributed by atoms with E-state index in [-0.39, 0.29) is 0 Å². The monoisotopic (exact) mass is 296 g/mol. The molecule has 0 aromatic carbocycles. The van der Waals surface area contributed by atoms with Crippen molar-refractivity contribution in [2.75, 3.05) is 13.2 Å². The second-order valence-corrected chi connectivity index (χ2v) is 7.29. The second-order valence-electron chi connectivity index (χ2n) is 6.04. The van der Waals surface area contributed by atoms with Gasteiger partial charge >= 0.3 is 0 Å². The number of hydrogen-bond donors (Lipinski definition) is 1. The standard InChI is InChI=1S/C16H28N2OS/c1-5-14-11-19-13(4)9-18(14)10-16-7-6-15(20-16)8-17-12(2)3/h6-7,12-14,17H,5,8-11H2,1-4H3. The van der Waals surface area contributed by atoms with E-state index < -0.39 is 0 Å². The Morgan fingerprint density at radius 2 is 2.15 bits per heavy atom. The molecule has 2 heterocycles. The minimum atomic E-state index is 0.361. The molecule has 0 bridgehead atoms. The molecule has 4 heteroatoms. The first-order valence-electron chi connectivity index (χ1n) is 7.75. The van der Waals surface area contributed by atoms with Gasteiger partial charge in [-0.25, -0.2) is 0 Å². The summed E-state index contributed by atoms with van der Waals surface area (Å²) in [6.45, 7) is 12.8. The van der Waals surface area contributed by atoms with Crippen molar-refractivity contribution in [2.45, 2.75) is 65.4 Å². The van der Waals surface area contributed by atoms with Crippen LogP contribution in [0.2, 0.25) is 0 Å². The highest BCUT2D eigenvalue weighted by molar-refractivity contribution is 7.11. The Balaban J connectivity index is 1.91. The molecule has 1 N–H and O–H groups in total. The van der Waals surface area contributed by atoms with E-state index >= 15 is 0 Å². The first-order valence-corrected chi connectivity index (χ1v) is 8.56. The SMILES string of the molecule is CCC1COC(C)CN1Cc1ccc(CNC(C)C)s1. The van der Waals surface area contributed by atoms with E-state index in [2.05, 4.69) is 50.0 Å². The quantitative estimate of drug-likeness (QED) is 0.872. The molecule has 1 fully saturated rings. The molecule has 3 nitrogen and oxygen atoms in total. The van der Waals surface area contributed by atoms with Crippen LogP contribution < -0.4 is 5.32 Å². The molecule has 2 rings (SSSR count). The van der Waals surface area contributed by atoms with Crippen molar-refractivity contribution >= 4 is 11.3 Å². The van der Waals surface area contributed by atoms with Gasteiger partial charge in [0.1, 0.15) is 0 Å². The van der Waals surface area contributed by atoms with Gasteiger partial charge in [-0.1, -0.05) is 20.8 Å². The van der Waals surface area contributed by atoms with Gasteiger partial charge in [-0.2, -0.15) is 0 Å². The minimum absolute atomic E-state index is 0.361. The van der Waals surface area contributed by atoms with Crippen molar-refractivity contribution in [1.29, 1.82) is 0 Å². The van der Waals surface area contributed by atoms with Crippen LogP contribution in [0.3, 0.4) is 0 Å². The van der Waals surface area contributed by atoms with Gasteiger partial charge < -0.3 is 10.1 Å². The second kappa shape index (κ2) is 7.55. The molecule has 0 amide bonds. The molecule has 1 aliphatic heterocycles. The minimum Gasteiger partial charge on any atom is -0.376 e. The number of ether oxygens (including phenoxy) is 1. The fourth-order valence-electron chi connectivity index (χ4n) is 2.59. The summed E-state index contributed by atoms with van der Waals surface area (Å²) >= 11 is 1.94. The third-order valence-corrected chi connectivity index (χ3v) is 4.88. The van der Waals surface area contributed by atoms with E-state index in [1.807, 2.05) is 11.3 Å². The molecule has 0 spiro atoms. The van der Waals surface area contributed by atoms with Gasteiger partial charge in [-0.3, -0.25) is 4.90 Å². The van der Waals surface area contributed by atoms with Crippen LogP contribution in [0.5, 0.6) is 0 Å². The third-order valence-electron chi connectivity index (χ3n) is 3.81. The summed E-state index contributed by atoms with van der Waals surface area (Å²) in [6.07, 6.45) is 1.53. The van der Waals surface area contributed by atoms with Crippen LogP contribution in [0.4, 0.5) is 0 Å². The van der Waals surface area contributed by atoms with Gasteiger partial charge in [-0.05, 0) is 25.5 Å². The lowest BCUT2D eigenvalue weighted by molar-refractivity contribution is -0.0588. The zero-order valence-corrected chi connectivity index (χ0v) is 14.0. The Morgan fingerprint density at radius 1 is 1.40 bits per heavy atom. The summed E-state index contributed by atoms with van der Waals surface area (Å²) in [4.78, 5) is 5.49. The smallest absolute Gasteiger partial charge is 0.0674 e. The van der Waals surface area contributed by atoms with E-state index in [0.717, 1.165) is 26.2 Å². The fraction of sp³-hybridized carbons (Fsp3) is 0.750. The van der Waals surface area contributed by atoms with Crippen molar-refractivity contribution < 1.29 is 4.74 Å². The van der Waals surface area contributed by atoms with Crippen molar-refractivity contribution in [3.8, 4) is 0 Å². The van der Waals surface area contributed by atoms with Crippen LogP contribution in [0.1, 0.15) is 43.9 Å². The number of morpholine rings is 1. The van der Waals surface area contributed by atoms with Crippen molar-refractivity contribution in [3.63, 3.8) is 0 Å². The highest BCUT2D eigenvalue weighted by Crippen LogP contribution is 2.22. The molecule has 0 aliphatic carbocycles. The van der Waals surface area contributed by atoms with Gasteiger partial charge in [0.2, 0.25) is 0 Å². The van der Waals surface area contributed by atoms with Crippen LogP contribution in [-0.4, -0.2) is 36.2 Å². The van der Waals surface area contributed by atoms with Gasteiger partial charge in [0, 0.05) is 41.5 Å². The lowest BCUT2D eigenvalue weighted by atomic mass is 10.1. The highest BCUT2D eigenvalue weighted by Gasteiger charge is 2.25. The summed E-state index contributed by atoms with van der Waals surface area (Å²) in [5.41, 5.74) is 0. The maximum absolute atomic E-state index is 5.77. The van der Waals surface area contributed by atoms with Gasteiger partial charge in [-0.15, -0.1) is 11.3 Å². The third kappa shape index (κ3) is 4.55. The molecule has 0 saturated carbocycles. The molecule has 114 valence electrons. The molecule has 1 aromatic rings. The van der Waals surface area contributed by atoms with E-state index in [4.69, 9.17) is 4.74 Å². The molecule has 0 radical (unpaired) electrons. The number of hydrogen-bond acceptors (Lipinski definition) is 4. The number of nitrogens with one attached hydrogen (secondary N) is 1. The lowest BCUT2D eigenvalue weighted by Gasteiger charge is -2.38. The average molecular weight is 296 g/mol. The highest BCUT2D eigenvalue weighted by atomic mass is 32.1. The molecule has 20 heavy (non-hydrogen) atoms. The maximum Gasteiger partial charge on any atom is 0.0674 e. The molecular weight excluding hydrogens is 268 g/mol. The Kier molecular flexibility index (Phi) is 6.02. The van der Waals surface area contributed by atoms with Crippen LogP contribution in [0, 0.1) is 0 Å². The van der Waals surface area contributed by atoms with Crippen LogP contribution in [0.25, 0.3) is 0 Å². The van der Waals surface area contributed by atoms with Gasteiger partial charge in [0.15, 0.2) is 0 Å². The fourth-order valence-corrected chi connectivity index (χ4v) is 3.58. The average Bonchev–Trinajstić information content (AvgIpc) is 2.84. The predicted molar refractivity (Wildman–Crippen MR) is 86.2 cm³/mol. The first-order chi connectivity index (χ1) is 9.58. The topological polar surface area (TPSA) is 24.5 Å². The Labute approximate surface area is 127 Å². The summed E-state index contributed by atoms with van der Waals surface area (Å²) in [6, 6.07) is 5.67. The Hall–Kier alpha value is -0.420. The molecule has 1 aliphatic rings. The largest absolute Gasteiger partial charge is 0.376 e. The summed E-state index contributed by atoms with van der Waals surface area (Å²) in [5, 5.41) is 3.48. The van der Waals surface area contributed by atoms with Gasteiger partial charge in [0.05, 0.1) is 12.7 Å². The summed E-state index contributed by atoms with van der Waals surface area (Å²) in [5.74, 6) is 0. The molecule has 2 atom stereocenters. The van der Waals surface area contributed by atoms with E-state index in [1.54, 1.807) is 0 Å². The van der Waals surface area contributed by atoms with Crippen LogP contribution in [-0.2, 0) is 17.8 Å². The van der Waals surface area contributed by atoms with E-state index in [1.165, 1.54) is 16.2 Å².